The number of imide groups is 2. The number of fused-ring (bicyclic) bond motifs is 2. The summed E-state index contributed by atoms with van der Waals surface area (Å²) in [6, 6.07) is 3.21. The SMILES string of the molecule is O=C1CCC(N2C(=O)c3cc4c(cc3C2=O)CN(C2CNC2)C4)C(=O)N1. The summed E-state index contributed by atoms with van der Waals surface area (Å²) in [6.07, 6.45) is 0.309. The van der Waals surface area contributed by atoms with Crippen LogP contribution in [-0.2, 0) is 22.7 Å². The molecule has 134 valence electrons. The Kier molecular flexibility index (Phi) is 3.29. The Morgan fingerprint density at radius 2 is 1.54 bits per heavy atom. The molecule has 4 heterocycles. The largest absolute Gasteiger partial charge is 0.314 e. The summed E-state index contributed by atoms with van der Waals surface area (Å²) < 4.78 is 0. The number of hydrogen-bond donors (Lipinski definition) is 2. The van der Waals surface area contributed by atoms with Crippen LogP contribution in [-0.4, -0.2) is 58.6 Å². The highest BCUT2D eigenvalue weighted by Gasteiger charge is 2.45. The Labute approximate surface area is 149 Å². The third kappa shape index (κ3) is 2.15. The third-order valence-corrected chi connectivity index (χ3v) is 5.78. The summed E-state index contributed by atoms with van der Waals surface area (Å²) in [4.78, 5) is 52.5. The number of rotatable bonds is 2. The first-order chi connectivity index (χ1) is 12.5. The molecule has 4 aliphatic rings. The van der Waals surface area contributed by atoms with Crippen LogP contribution in [0.3, 0.4) is 0 Å². The molecule has 1 aromatic rings. The second-order valence-electron chi connectivity index (χ2n) is 7.33. The zero-order valence-corrected chi connectivity index (χ0v) is 14.1. The van der Waals surface area contributed by atoms with Gasteiger partial charge in [-0.3, -0.25) is 34.3 Å². The minimum absolute atomic E-state index is 0.130. The molecule has 2 saturated heterocycles. The minimum atomic E-state index is -0.910. The predicted molar refractivity (Wildman–Crippen MR) is 89.0 cm³/mol. The first-order valence-electron chi connectivity index (χ1n) is 8.85. The number of carbonyl (C=O) groups is 4. The van der Waals surface area contributed by atoms with Crippen molar-refractivity contribution < 1.29 is 19.2 Å². The number of nitrogens with one attached hydrogen (secondary N) is 2. The molecule has 5 rings (SSSR count). The van der Waals surface area contributed by atoms with Crippen LogP contribution in [0.15, 0.2) is 12.1 Å². The van der Waals surface area contributed by atoms with E-state index in [1.165, 1.54) is 0 Å². The maximum absolute atomic E-state index is 12.8. The van der Waals surface area contributed by atoms with Gasteiger partial charge in [-0.25, -0.2) is 0 Å². The molecule has 8 heteroatoms. The maximum atomic E-state index is 12.8. The van der Waals surface area contributed by atoms with Gasteiger partial charge in [0.05, 0.1) is 11.1 Å². The lowest BCUT2D eigenvalue weighted by Crippen LogP contribution is -2.55. The van der Waals surface area contributed by atoms with E-state index in [1.807, 2.05) is 12.1 Å². The fourth-order valence-corrected chi connectivity index (χ4v) is 4.18. The number of hydrogen-bond acceptors (Lipinski definition) is 6. The Balaban J connectivity index is 1.44. The summed E-state index contributed by atoms with van der Waals surface area (Å²) in [6.45, 7) is 3.48. The lowest BCUT2D eigenvalue weighted by molar-refractivity contribution is -0.136. The molecule has 26 heavy (non-hydrogen) atoms. The van der Waals surface area contributed by atoms with E-state index in [9.17, 15) is 19.2 Å². The monoisotopic (exact) mass is 354 g/mol. The molecule has 1 unspecified atom stereocenters. The Morgan fingerprint density at radius 1 is 0.923 bits per heavy atom. The first kappa shape index (κ1) is 15.7. The van der Waals surface area contributed by atoms with Gasteiger partial charge in [-0.2, -0.15) is 0 Å². The van der Waals surface area contributed by atoms with E-state index < -0.39 is 23.8 Å². The fraction of sp³-hybridized carbons (Fsp3) is 0.444. The van der Waals surface area contributed by atoms with Gasteiger partial charge >= 0.3 is 0 Å². The van der Waals surface area contributed by atoms with Crippen molar-refractivity contribution in [3.63, 3.8) is 0 Å². The second-order valence-corrected chi connectivity index (χ2v) is 7.33. The van der Waals surface area contributed by atoms with Gasteiger partial charge in [-0.15, -0.1) is 0 Å². The molecule has 0 aliphatic carbocycles. The standard InChI is InChI=1S/C18H18N4O4/c23-15-2-1-14(16(24)20-15)22-17(25)12-3-9-7-21(11-5-19-6-11)8-10(9)4-13(12)18(22)26/h3-4,11,14,19H,1-2,5-8H2,(H,20,23,24). The quantitative estimate of drug-likeness (QED) is 0.687. The molecule has 0 radical (unpaired) electrons. The molecule has 4 amide bonds. The molecule has 4 aliphatic heterocycles. The van der Waals surface area contributed by atoms with Crippen molar-refractivity contribution in [2.75, 3.05) is 13.1 Å². The second kappa shape index (κ2) is 5.46. The summed E-state index contributed by atoms with van der Waals surface area (Å²) in [5, 5.41) is 5.47. The number of nitrogens with zero attached hydrogens (tertiary/aromatic N) is 2. The number of amides is 4. The summed E-state index contributed by atoms with van der Waals surface area (Å²) in [5.41, 5.74) is 2.88. The zero-order valence-electron chi connectivity index (χ0n) is 14.1. The number of benzene rings is 1. The van der Waals surface area contributed by atoms with Crippen LogP contribution in [0.5, 0.6) is 0 Å². The summed E-state index contributed by atoms with van der Waals surface area (Å²) in [5.74, 6) is -1.82. The highest BCUT2D eigenvalue weighted by molar-refractivity contribution is 6.23. The van der Waals surface area contributed by atoms with Gasteiger partial charge < -0.3 is 5.32 Å². The molecule has 1 atom stereocenters. The summed E-state index contributed by atoms with van der Waals surface area (Å²) in [7, 11) is 0. The highest BCUT2D eigenvalue weighted by Crippen LogP contribution is 2.34. The van der Waals surface area contributed by atoms with Gasteiger partial charge in [0.25, 0.3) is 11.8 Å². The molecular weight excluding hydrogens is 336 g/mol. The van der Waals surface area contributed by atoms with E-state index in [0.29, 0.717) is 17.2 Å². The topological polar surface area (TPSA) is 98.8 Å². The molecule has 0 bridgehead atoms. The van der Waals surface area contributed by atoms with Gasteiger partial charge in [0.1, 0.15) is 6.04 Å². The van der Waals surface area contributed by atoms with Crippen LogP contribution in [0.2, 0.25) is 0 Å². The van der Waals surface area contributed by atoms with Crippen molar-refractivity contribution in [3.8, 4) is 0 Å². The van der Waals surface area contributed by atoms with E-state index >= 15 is 0 Å². The summed E-state index contributed by atoms with van der Waals surface area (Å²) >= 11 is 0. The fourth-order valence-electron chi connectivity index (χ4n) is 4.18. The van der Waals surface area contributed by atoms with Crippen molar-refractivity contribution >= 4 is 23.6 Å². The van der Waals surface area contributed by atoms with Crippen LogP contribution in [0.25, 0.3) is 0 Å². The highest BCUT2D eigenvalue weighted by atomic mass is 16.2. The predicted octanol–water partition coefficient (Wildman–Crippen LogP) is -0.625. The van der Waals surface area contributed by atoms with Gasteiger partial charge in [0.2, 0.25) is 11.8 Å². The molecule has 2 N–H and O–H groups in total. The molecule has 8 nitrogen and oxygen atoms in total. The van der Waals surface area contributed by atoms with E-state index in [1.54, 1.807) is 0 Å². The Bertz CT molecular complexity index is 831. The van der Waals surface area contributed by atoms with Crippen molar-refractivity contribution in [1.29, 1.82) is 0 Å². The minimum Gasteiger partial charge on any atom is -0.314 e. The molecule has 0 saturated carbocycles. The maximum Gasteiger partial charge on any atom is 0.262 e. The third-order valence-electron chi connectivity index (χ3n) is 5.78. The van der Waals surface area contributed by atoms with E-state index in [-0.39, 0.29) is 18.7 Å². The first-order valence-corrected chi connectivity index (χ1v) is 8.85. The smallest absolute Gasteiger partial charge is 0.262 e. The van der Waals surface area contributed by atoms with Gasteiger partial charge in [-0.1, -0.05) is 0 Å². The van der Waals surface area contributed by atoms with Crippen LogP contribution in [0.4, 0.5) is 0 Å². The number of piperidine rings is 1. The van der Waals surface area contributed by atoms with Crippen LogP contribution < -0.4 is 10.6 Å². The molecule has 2 fully saturated rings. The number of carbonyl (C=O) groups excluding carboxylic acids is 4. The molecule has 0 spiro atoms. The Hall–Kier alpha value is -2.58. The van der Waals surface area contributed by atoms with Gasteiger partial charge in [0, 0.05) is 38.6 Å². The van der Waals surface area contributed by atoms with Crippen molar-refractivity contribution in [2.45, 2.75) is 38.0 Å². The Morgan fingerprint density at radius 3 is 2.04 bits per heavy atom. The van der Waals surface area contributed by atoms with E-state index in [4.69, 9.17) is 0 Å². The molecular formula is C18H18N4O4. The van der Waals surface area contributed by atoms with Gasteiger partial charge in [0.15, 0.2) is 0 Å². The normalized spacial score (nSPS) is 26.0. The van der Waals surface area contributed by atoms with Crippen LogP contribution in [0, 0.1) is 0 Å². The van der Waals surface area contributed by atoms with Crippen LogP contribution in [0.1, 0.15) is 44.7 Å². The molecule has 0 aromatic heterocycles. The lowest BCUT2D eigenvalue weighted by atomic mass is 10.0. The lowest BCUT2D eigenvalue weighted by Gasteiger charge is -2.35. The van der Waals surface area contributed by atoms with Gasteiger partial charge in [-0.05, 0) is 29.7 Å². The van der Waals surface area contributed by atoms with E-state index in [0.717, 1.165) is 42.2 Å². The van der Waals surface area contributed by atoms with Crippen molar-refractivity contribution in [3.05, 3.63) is 34.4 Å². The average Bonchev–Trinajstić information content (AvgIpc) is 3.05. The van der Waals surface area contributed by atoms with E-state index in [2.05, 4.69) is 15.5 Å². The van der Waals surface area contributed by atoms with Crippen LogP contribution >= 0.6 is 0 Å². The average molecular weight is 354 g/mol. The zero-order chi connectivity index (χ0) is 18.0. The molecule has 1 aromatic carbocycles. The van der Waals surface area contributed by atoms with Crippen molar-refractivity contribution in [2.24, 2.45) is 0 Å². The van der Waals surface area contributed by atoms with Crippen molar-refractivity contribution in [1.82, 2.24) is 20.4 Å².